The van der Waals surface area contributed by atoms with Crippen molar-refractivity contribution in [2.45, 2.75) is 13.5 Å². The number of nitrogens with zero attached hydrogens (tertiary/aromatic N) is 3. The van der Waals surface area contributed by atoms with Gasteiger partial charge in [-0.05, 0) is 31.2 Å². The van der Waals surface area contributed by atoms with Crippen LogP contribution in [0.25, 0.3) is 11.3 Å². The van der Waals surface area contributed by atoms with Crippen molar-refractivity contribution in [1.82, 2.24) is 20.3 Å². The third-order valence-corrected chi connectivity index (χ3v) is 3.10. The van der Waals surface area contributed by atoms with Gasteiger partial charge in [0.25, 0.3) is 5.91 Å². The number of aryl methyl sites for hydroxylation is 1. The molecule has 0 radical (unpaired) electrons. The van der Waals surface area contributed by atoms with Crippen LogP contribution in [0.3, 0.4) is 0 Å². The first-order valence-electron chi connectivity index (χ1n) is 6.77. The maximum atomic E-state index is 12.1. The smallest absolute Gasteiger partial charge is 0.253 e. The minimum atomic E-state index is -0.197. The van der Waals surface area contributed by atoms with E-state index in [1.807, 2.05) is 19.1 Å². The van der Waals surface area contributed by atoms with E-state index in [1.54, 1.807) is 24.5 Å². The van der Waals surface area contributed by atoms with Crippen molar-refractivity contribution in [3.63, 3.8) is 0 Å². The van der Waals surface area contributed by atoms with Gasteiger partial charge in [-0.25, -0.2) is 9.97 Å². The number of furan rings is 1. The fraction of sp³-hybridized carbons (Fsp3) is 0.125. The number of pyridine rings is 1. The van der Waals surface area contributed by atoms with Crippen molar-refractivity contribution >= 4 is 5.91 Å². The second-order valence-electron chi connectivity index (χ2n) is 4.75. The van der Waals surface area contributed by atoms with Crippen LogP contribution in [0.5, 0.6) is 0 Å². The molecule has 3 aromatic heterocycles. The lowest BCUT2D eigenvalue weighted by Gasteiger charge is -2.04. The molecule has 0 unspecified atom stereocenters. The average Bonchev–Trinajstić information content (AvgIpc) is 2.99. The summed E-state index contributed by atoms with van der Waals surface area (Å²) >= 11 is 0. The minimum absolute atomic E-state index is 0.197. The predicted molar refractivity (Wildman–Crippen MR) is 79.9 cm³/mol. The van der Waals surface area contributed by atoms with Crippen molar-refractivity contribution in [3.05, 3.63) is 66.3 Å². The highest BCUT2D eigenvalue weighted by Crippen LogP contribution is 2.14. The lowest BCUT2D eigenvalue weighted by Crippen LogP contribution is -2.22. The van der Waals surface area contributed by atoms with Gasteiger partial charge in [-0.3, -0.25) is 9.78 Å². The molecule has 0 aliphatic heterocycles. The van der Waals surface area contributed by atoms with Crippen molar-refractivity contribution in [3.8, 4) is 11.3 Å². The number of nitrogens with one attached hydrogen (secondary N) is 1. The van der Waals surface area contributed by atoms with E-state index in [4.69, 9.17) is 4.42 Å². The van der Waals surface area contributed by atoms with Crippen molar-refractivity contribution in [2.24, 2.45) is 0 Å². The van der Waals surface area contributed by atoms with Crippen LogP contribution < -0.4 is 5.32 Å². The monoisotopic (exact) mass is 294 g/mol. The predicted octanol–water partition coefficient (Wildman–Crippen LogP) is 2.37. The van der Waals surface area contributed by atoms with Crippen LogP contribution in [0.15, 0.2) is 53.6 Å². The Bertz CT molecular complexity index is 766. The van der Waals surface area contributed by atoms with Crippen LogP contribution in [0.2, 0.25) is 0 Å². The molecule has 6 heteroatoms. The van der Waals surface area contributed by atoms with Gasteiger partial charge >= 0.3 is 0 Å². The van der Waals surface area contributed by atoms with E-state index in [0.717, 1.165) is 22.8 Å². The summed E-state index contributed by atoms with van der Waals surface area (Å²) in [6.45, 7) is 2.21. The normalized spacial score (nSPS) is 10.4. The largest absolute Gasteiger partial charge is 0.465 e. The first-order chi connectivity index (χ1) is 10.7. The van der Waals surface area contributed by atoms with Gasteiger partial charge in [-0.2, -0.15) is 0 Å². The summed E-state index contributed by atoms with van der Waals surface area (Å²) in [7, 11) is 0. The quantitative estimate of drug-likeness (QED) is 0.799. The summed E-state index contributed by atoms with van der Waals surface area (Å²) < 4.78 is 5.40. The van der Waals surface area contributed by atoms with Crippen LogP contribution in [-0.2, 0) is 6.54 Å². The zero-order valence-electron chi connectivity index (χ0n) is 12.0. The first kappa shape index (κ1) is 13.9. The zero-order chi connectivity index (χ0) is 15.4. The van der Waals surface area contributed by atoms with Gasteiger partial charge in [0, 0.05) is 24.2 Å². The summed E-state index contributed by atoms with van der Waals surface area (Å²) in [5.74, 6) is 1.34. The molecular formula is C16H14N4O2. The van der Waals surface area contributed by atoms with E-state index in [1.165, 1.54) is 12.5 Å². The summed E-state index contributed by atoms with van der Waals surface area (Å²) in [5, 5.41) is 2.79. The van der Waals surface area contributed by atoms with Crippen LogP contribution in [0.4, 0.5) is 0 Å². The Morgan fingerprint density at radius 3 is 2.59 bits per heavy atom. The molecule has 0 aliphatic rings. The molecule has 0 spiro atoms. The van der Waals surface area contributed by atoms with Crippen LogP contribution in [0, 0.1) is 6.92 Å². The van der Waals surface area contributed by atoms with Gasteiger partial charge in [-0.15, -0.1) is 0 Å². The molecule has 0 fully saturated rings. The third kappa shape index (κ3) is 3.17. The van der Waals surface area contributed by atoms with Gasteiger partial charge in [0.15, 0.2) is 0 Å². The third-order valence-electron chi connectivity index (χ3n) is 3.10. The molecule has 0 saturated carbocycles. The Labute approximate surface area is 127 Å². The fourth-order valence-electron chi connectivity index (χ4n) is 1.98. The molecule has 3 heterocycles. The maximum absolute atomic E-state index is 12.1. The SMILES string of the molecule is Cc1ccc(CNC(=O)c2ccc(-c3cncnc3)nc2)o1. The Morgan fingerprint density at radius 1 is 1.14 bits per heavy atom. The minimum Gasteiger partial charge on any atom is -0.465 e. The molecular weight excluding hydrogens is 280 g/mol. The molecule has 6 nitrogen and oxygen atoms in total. The number of aromatic nitrogens is 3. The van der Waals surface area contributed by atoms with Gasteiger partial charge in [0.1, 0.15) is 17.8 Å². The Morgan fingerprint density at radius 2 is 1.95 bits per heavy atom. The molecule has 0 aliphatic carbocycles. The lowest BCUT2D eigenvalue weighted by atomic mass is 10.2. The summed E-state index contributed by atoms with van der Waals surface area (Å²) in [6, 6.07) is 7.19. The Hall–Kier alpha value is -3.02. The van der Waals surface area contributed by atoms with Crippen molar-refractivity contribution in [2.75, 3.05) is 0 Å². The number of hydrogen-bond acceptors (Lipinski definition) is 5. The van der Waals surface area contributed by atoms with Gasteiger partial charge in [-0.1, -0.05) is 0 Å². The van der Waals surface area contributed by atoms with E-state index in [2.05, 4.69) is 20.3 Å². The molecule has 110 valence electrons. The Kier molecular flexibility index (Phi) is 3.91. The highest BCUT2D eigenvalue weighted by atomic mass is 16.3. The standard InChI is InChI=1S/C16H14N4O2/c1-11-2-4-14(22-11)9-20-16(21)12-3-5-15(19-8-12)13-6-17-10-18-7-13/h2-8,10H,9H2,1H3,(H,20,21). The molecule has 1 N–H and O–H groups in total. The number of rotatable bonds is 4. The lowest BCUT2D eigenvalue weighted by molar-refractivity contribution is 0.0947. The topological polar surface area (TPSA) is 80.9 Å². The summed E-state index contributed by atoms with van der Waals surface area (Å²) in [5.41, 5.74) is 2.02. The first-order valence-corrected chi connectivity index (χ1v) is 6.77. The molecule has 3 rings (SSSR count). The molecule has 1 amide bonds. The highest BCUT2D eigenvalue weighted by Gasteiger charge is 2.08. The molecule has 0 saturated heterocycles. The highest BCUT2D eigenvalue weighted by molar-refractivity contribution is 5.94. The zero-order valence-corrected chi connectivity index (χ0v) is 12.0. The van der Waals surface area contributed by atoms with Gasteiger partial charge in [0.05, 0.1) is 17.8 Å². The van der Waals surface area contributed by atoms with E-state index in [9.17, 15) is 4.79 Å². The number of amides is 1. The summed E-state index contributed by atoms with van der Waals surface area (Å²) in [6.07, 6.45) is 6.34. The number of carbonyl (C=O) groups excluding carboxylic acids is 1. The average molecular weight is 294 g/mol. The van der Waals surface area contributed by atoms with Crippen molar-refractivity contribution in [1.29, 1.82) is 0 Å². The fourth-order valence-corrected chi connectivity index (χ4v) is 1.98. The molecule has 0 atom stereocenters. The van der Waals surface area contributed by atoms with Crippen LogP contribution in [-0.4, -0.2) is 20.9 Å². The Balaban J connectivity index is 1.66. The molecule has 3 aromatic rings. The van der Waals surface area contributed by atoms with Gasteiger partial charge < -0.3 is 9.73 Å². The van der Waals surface area contributed by atoms with Crippen LogP contribution in [0.1, 0.15) is 21.9 Å². The summed E-state index contributed by atoms with van der Waals surface area (Å²) in [4.78, 5) is 24.2. The molecule has 0 aromatic carbocycles. The van der Waals surface area contributed by atoms with Crippen molar-refractivity contribution < 1.29 is 9.21 Å². The molecule has 22 heavy (non-hydrogen) atoms. The van der Waals surface area contributed by atoms with E-state index < -0.39 is 0 Å². The van der Waals surface area contributed by atoms with E-state index in [-0.39, 0.29) is 5.91 Å². The van der Waals surface area contributed by atoms with E-state index >= 15 is 0 Å². The van der Waals surface area contributed by atoms with Gasteiger partial charge in [0.2, 0.25) is 0 Å². The second-order valence-corrected chi connectivity index (χ2v) is 4.75. The molecule has 0 bridgehead atoms. The number of hydrogen-bond donors (Lipinski definition) is 1. The van der Waals surface area contributed by atoms with E-state index in [0.29, 0.717) is 12.1 Å². The maximum Gasteiger partial charge on any atom is 0.253 e. The number of carbonyl (C=O) groups is 1. The van der Waals surface area contributed by atoms with Crippen LogP contribution >= 0.6 is 0 Å². The second kappa shape index (κ2) is 6.17.